The molecule has 0 amide bonds. The first-order chi connectivity index (χ1) is 5.92. The Kier molecular flexibility index (Phi) is 1.58. The van der Waals surface area contributed by atoms with Gasteiger partial charge in [-0.15, -0.1) is 0 Å². The highest BCUT2D eigenvalue weighted by molar-refractivity contribution is 8.14. The summed E-state index contributed by atoms with van der Waals surface area (Å²) in [5.74, 6) is 0. The van der Waals surface area contributed by atoms with Crippen LogP contribution in [0.4, 0.5) is 0 Å². The Balaban J connectivity index is 1.65. The Morgan fingerprint density at radius 2 is 2.33 bits per heavy atom. The van der Waals surface area contributed by atoms with Crippen LogP contribution in [0.2, 0.25) is 0 Å². The van der Waals surface area contributed by atoms with Crippen LogP contribution in [-0.4, -0.2) is 35.6 Å². The molecule has 0 aromatic carbocycles. The summed E-state index contributed by atoms with van der Waals surface area (Å²) in [7, 11) is 0. The van der Waals surface area contributed by atoms with E-state index < -0.39 is 0 Å². The zero-order valence-corrected chi connectivity index (χ0v) is 7.73. The minimum Gasteiger partial charge on any atom is -0.362 e. The Morgan fingerprint density at radius 1 is 1.42 bits per heavy atom. The van der Waals surface area contributed by atoms with E-state index in [1.54, 1.807) is 0 Å². The van der Waals surface area contributed by atoms with Gasteiger partial charge in [-0.2, -0.15) is 0 Å². The van der Waals surface area contributed by atoms with Gasteiger partial charge in [0.1, 0.15) is 0 Å². The molecule has 1 aliphatic carbocycles. The summed E-state index contributed by atoms with van der Waals surface area (Å²) in [6.45, 7) is 2.21. The van der Waals surface area contributed by atoms with E-state index in [9.17, 15) is 0 Å². The van der Waals surface area contributed by atoms with Crippen LogP contribution >= 0.6 is 11.8 Å². The van der Waals surface area contributed by atoms with Crippen LogP contribution in [-0.2, 0) is 0 Å². The first-order valence-corrected chi connectivity index (χ1v) is 5.51. The van der Waals surface area contributed by atoms with Crippen molar-refractivity contribution < 1.29 is 0 Å². The molecular weight excluding hydrogens is 170 g/mol. The lowest BCUT2D eigenvalue weighted by molar-refractivity contribution is 0.757. The van der Waals surface area contributed by atoms with Crippen molar-refractivity contribution in [3.63, 3.8) is 0 Å². The third-order valence-electron chi connectivity index (χ3n) is 2.58. The standard InChI is InChI=1S/C8H13N3S/c1-2-5(1)10-8-11-6-3-9-4-7(6)12-8/h5-7,9H,1-4H2,(H,10,11)/t6-,7+/m0/s1. The molecule has 3 nitrogen and oxygen atoms in total. The van der Waals surface area contributed by atoms with Gasteiger partial charge in [-0.3, -0.25) is 4.99 Å². The lowest BCUT2D eigenvalue weighted by atomic mass is 10.3. The highest BCUT2D eigenvalue weighted by atomic mass is 32.2. The number of fused-ring (bicyclic) bond motifs is 1. The molecule has 0 unspecified atom stereocenters. The molecular formula is C8H13N3S. The normalized spacial score (nSPS) is 39.5. The zero-order chi connectivity index (χ0) is 7.97. The lowest BCUT2D eigenvalue weighted by Crippen LogP contribution is -2.23. The van der Waals surface area contributed by atoms with Crippen molar-refractivity contribution in [1.82, 2.24) is 10.6 Å². The maximum atomic E-state index is 4.64. The fraction of sp³-hybridized carbons (Fsp3) is 0.875. The number of aliphatic imine (C=N–C) groups is 1. The average Bonchev–Trinajstić information content (AvgIpc) is 2.56. The maximum Gasteiger partial charge on any atom is 0.157 e. The molecule has 2 heterocycles. The fourth-order valence-electron chi connectivity index (χ4n) is 1.69. The van der Waals surface area contributed by atoms with Crippen molar-refractivity contribution in [2.75, 3.05) is 13.1 Å². The van der Waals surface area contributed by atoms with E-state index in [-0.39, 0.29) is 0 Å². The Morgan fingerprint density at radius 3 is 3.08 bits per heavy atom. The Hall–Kier alpha value is -0.220. The van der Waals surface area contributed by atoms with Crippen molar-refractivity contribution in [3.8, 4) is 0 Å². The van der Waals surface area contributed by atoms with E-state index in [0.29, 0.717) is 11.3 Å². The Bertz CT molecular complexity index is 224. The molecule has 0 aromatic heterocycles. The van der Waals surface area contributed by atoms with E-state index in [0.717, 1.165) is 19.1 Å². The molecule has 2 atom stereocenters. The van der Waals surface area contributed by atoms with Crippen molar-refractivity contribution >= 4 is 16.9 Å². The number of thioether (sulfide) groups is 1. The van der Waals surface area contributed by atoms with Gasteiger partial charge in [-0.05, 0) is 12.8 Å². The lowest BCUT2D eigenvalue weighted by Gasteiger charge is -2.04. The first kappa shape index (κ1) is 7.21. The van der Waals surface area contributed by atoms with Gasteiger partial charge in [-0.1, -0.05) is 11.8 Å². The summed E-state index contributed by atoms with van der Waals surface area (Å²) < 4.78 is 0. The van der Waals surface area contributed by atoms with E-state index in [4.69, 9.17) is 0 Å². The number of nitrogens with zero attached hydrogens (tertiary/aromatic N) is 1. The second kappa shape index (κ2) is 2.64. The van der Waals surface area contributed by atoms with Crippen molar-refractivity contribution in [2.45, 2.75) is 30.2 Å². The predicted molar refractivity (Wildman–Crippen MR) is 51.6 cm³/mol. The Labute approximate surface area is 76.4 Å². The summed E-state index contributed by atoms with van der Waals surface area (Å²) in [6, 6.07) is 1.30. The van der Waals surface area contributed by atoms with Crippen LogP contribution in [0.3, 0.4) is 0 Å². The predicted octanol–water partition coefficient (Wildman–Crippen LogP) is 0.182. The second-order valence-corrected chi connectivity index (χ2v) is 4.96. The van der Waals surface area contributed by atoms with E-state index in [1.165, 1.54) is 18.0 Å². The number of amidine groups is 1. The number of rotatable bonds is 1. The third kappa shape index (κ3) is 1.23. The molecule has 3 aliphatic rings. The highest BCUT2D eigenvalue weighted by Gasteiger charge is 2.35. The van der Waals surface area contributed by atoms with Gasteiger partial charge in [0.25, 0.3) is 0 Å². The van der Waals surface area contributed by atoms with Gasteiger partial charge in [0, 0.05) is 24.4 Å². The van der Waals surface area contributed by atoms with Crippen LogP contribution in [0.15, 0.2) is 4.99 Å². The van der Waals surface area contributed by atoms with Gasteiger partial charge >= 0.3 is 0 Å². The summed E-state index contributed by atoms with van der Waals surface area (Å²) in [5.41, 5.74) is 0. The molecule has 0 radical (unpaired) electrons. The molecule has 2 N–H and O–H groups in total. The largest absolute Gasteiger partial charge is 0.362 e. The minimum atomic E-state index is 0.552. The summed E-state index contributed by atoms with van der Waals surface area (Å²) in [4.78, 5) is 4.64. The molecule has 2 fully saturated rings. The van der Waals surface area contributed by atoms with E-state index in [2.05, 4.69) is 15.6 Å². The van der Waals surface area contributed by atoms with Gasteiger partial charge in [0.05, 0.1) is 6.04 Å². The number of hydrogen-bond acceptors (Lipinski definition) is 4. The maximum absolute atomic E-state index is 4.64. The summed E-state index contributed by atoms with van der Waals surface area (Å²) in [5, 5.41) is 8.74. The van der Waals surface area contributed by atoms with Crippen LogP contribution in [0, 0.1) is 0 Å². The topological polar surface area (TPSA) is 36.4 Å². The molecule has 66 valence electrons. The second-order valence-electron chi connectivity index (χ2n) is 3.73. The molecule has 3 rings (SSSR count). The van der Waals surface area contributed by atoms with Crippen LogP contribution in [0.5, 0.6) is 0 Å². The van der Waals surface area contributed by atoms with Crippen molar-refractivity contribution in [3.05, 3.63) is 0 Å². The molecule has 1 saturated carbocycles. The molecule has 0 bridgehead atoms. The SMILES string of the molecule is C1CC1NC1=N[C@H]2CNC[C@H]2S1. The van der Waals surface area contributed by atoms with E-state index >= 15 is 0 Å². The summed E-state index contributed by atoms with van der Waals surface area (Å²) >= 11 is 1.93. The minimum absolute atomic E-state index is 0.552. The smallest absolute Gasteiger partial charge is 0.157 e. The summed E-state index contributed by atoms with van der Waals surface area (Å²) in [6.07, 6.45) is 2.68. The molecule has 0 aromatic rings. The fourth-order valence-corrected chi connectivity index (χ4v) is 2.92. The molecule has 12 heavy (non-hydrogen) atoms. The van der Waals surface area contributed by atoms with Gasteiger partial charge in [0.15, 0.2) is 5.17 Å². The molecule has 0 spiro atoms. The van der Waals surface area contributed by atoms with Crippen LogP contribution < -0.4 is 10.6 Å². The number of nitrogens with one attached hydrogen (secondary N) is 2. The monoisotopic (exact) mass is 183 g/mol. The van der Waals surface area contributed by atoms with Gasteiger partial charge < -0.3 is 10.6 Å². The highest BCUT2D eigenvalue weighted by Crippen LogP contribution is 2.30. The third-order valence-corrected chi connectivity index (χ3v) is 3.81. The molecule has 2 aliphatic heterocycles. The van der Waals surface area contributed by atoms with Crippen molar-refractivity contribution in [1.29, 1.82) is 0 Å². The quantitative estimate of drug-likeness (QED) is 0.609. The zero-order valence-electron chi connectivity index (χ0n) is 6.92. The number of hydrogen-bond donors (Lipinski definition) is 2. The average molecular weight is 183 g/mol. The van der Waals surface area contributed by atoms with Gasteiger partial charge in [0.2, 0.25) is 0 Å². The van der Waals surface area contributed by atoms with Crippen LogP contribution in [0.1, 0.15) is 12.8 Å². The first-order valence-electron chi connectivity index (χ1n) is 4.63. The van der Waals surface area contributed by atoms with Crippen molar-refractivity contribution in [2.24, 2.45) is 4.99 Å². The van der Waals surface area contributed by atoms with Gasteiger partial charge in [-0.25, -0.2) is 0 Å². The molecule has 4 heteroatoms. The van der Waals surface area contributed by atoms with E-state index in [1.807, 2.05) is 11.8 Å². The molecule has 1 saturated heterocycles. The van der Waals surface area contributed by atoms with Crippen LogP contribution in [0.25, 0.3) is 0 Å².